The molecule has 0 spiro atoms. The van der Waals surface area contributed by atoms with Gasteiger partial charge in [0.15, 0.2) is 11.5 Å². The predicted molar refractivity (Wildman–Crippen MR) is 120 cm³/mol. The van der Waals surface area contributed by atoms with E-state index >= 15 is 0 Å². The summed E-state index contributed by atoms with van der Waals surface area (Å²) in [5.41, 5.74) is 4.43. The molecule has 0 aromatic heterocycles. The molecule has 0 atom stereocenters. The van der Waals surface area contributed by atoms with Gasteiger partial charge in [0, 0.05) is 5.56 Å². The average Bonchev–Trinajstić information content (AvgIpc) is 2.78. The maximum absolute atomic E-state index is 12.4. The third kappa shape index (κ3) is 3.96. The minimum absolute atomic E-state index is 0.188. The van der Waals surface area contributed by atoms with E-state index in [-0.39, 0.29) is 12.3 Å². The van der Waals surface area contributed by atoms with Crippen molar-refractivity contribution >= 4 is 33.7 Å². The Bertz CT molecular complexity index is 1190. The lowest BCUT2D eigenvalue weighted by molar-refractivity contribution is -0.120. The summed E-state index contributed by atoms with van der Waals surface area (Å²) in [6.45, 7) is 0. The van der Waals surface area contributed by atoms with Gasteiger partial charge in [-0.15, -0.1) is 0 Å². The molecule has 0 saturated heterocycles. The summed E-state index contributed by atoms with van der Waals surface area (Å²) in [5, 5.41) is 8.68. The van der Waals surface area contributed by atoms with Gasteiger partial charge < -0.3 is 9.47 Å². The molecule has 5 heteroatoms. The summed E-state index contributed by atoms with van der Waals surface area (Å²) in [4.78, 5) is 12.4. The Morgan fingerprint density at radius 3 is 2.13 bits per heavy atom. The van der Waals surface area contributed by atoms with Crippen LogP contribution in [-0.4, -0.2) is 26.3 Å². The van der Waals surface area contributed by atoms with Crippen molar-refractivity contribution in [1.29, 1.82) is 0 Å². The fourth-order valence-corrected chi connectivity index (χ4v) is 3.57. The molecule has 1 N–H and O–H groups in total. The number of carbonyl (C=O) groups is 1. The van der Waals surface area contributed by atoms with E-state index in [2.05, 4.69) is 40.9 Å². The van der Waals surface area contributed by atoms with Crippen LogP contribution >= 0.6 is 0 Å². The highest BCUT2D eigenvalue weighted by Gasteiger charge is 2.09. The van der Waals surface area contributed by atoms with E-state index in [1.807, 2.05) is 30.3 Å². The van der Waals surface area contributed by atoms with Gasteiger partial charge in [-0.3, -0.25) is 4.79 Å². The first kappa shape index (κ1) is 19.5. The lowest BCUT2D eigenvalue weighted by Gasteiger charge is -2.09. The highest BCUT2D eigenvalue weighted by Crippen LogP contribution is 2.28. The van der Waals surface area contributed by atoms with Crippen LogP contribution in [0.3, 0.4) is 0 Å². The molecule has 4 rings (SSSR count). The summed E-state index contributed by atoms with van der Waals surface area (Å²) in [6, 6.07) is 23.9. The third-order valence-corrected chi connectivity index (χ3v) is 5.01. The molecule has 5 nitrogen and oxygen atoms in total. The molecule has 0 radical (unpaired) electrons. The molecule has 0 unspecified atom stereocenters. The first-order valence-electron chi connectivity index (χ1n) is 9.63. The maximum atomic E-state index is 12.4. The second-order valence-electron chi connectivity index (χ2n) is 6.89. The van der Waals surface area contributed by atoms with Crippen LogP contribution in [0.1, 0.15) is 11.1 Å². The molecule has 0 heterocycles. The highest BCUT2D eigenvalue weighted by molar-refractivity contribution is 6.13. The number of nitrogens with zero attached hydrogens (tertiary/aromatic N) is 1. The van der Waals surface area contributed by atoms with Gasteiger partial charge in [-0.05, 0) is 45.3 Å². The van der Waals surface area contributed by atoms with Crippen molar-refractivity contribution in [2.75, 3.05) is 14.2 Å². The van der Waals surface area contributed by atoms with Crippen molar-refractivity contribution < 1.29 is 14.3 Å². The van der Waals surface area contributed by atoms with Crippen LogP contribution in [0.5, 0.6) is 11.5 Å². The molecular formula is C25H22N2O3. The average molecular weight is 398 g/mol. The van der Waals surface area contributed by atoms with Crippen molar-refractivity contribution in [2.45, 2.75) is 6.42 Å². The molecule has 30 heavy (non-hydrogen) atoms. The van der Waals surface area contributed by atoms with Crippen LogP contribution < -0.4 is 14.9 Å². The quantitative estimate of drug-likeness (QED) is 0.291. The number of benzene rings is 4. The first-order chi connectivity index (χ1) is 14.7. The zero-order chi connectivity index (χ0) is 20.9. The lowest BCUT2D eigenvalue weighted by atomic mass is 9.97. The zero-order valence-electron chi connectivity index (χ0n) is 16.9. The Morgan fingerprint density at radius 1 is 0.867 bits per heavy atom. The third-order valence-electron chi connectivity index (χ3n) is 5.01. The molecule has 4 aromatic carbocycles. The summed E-state index contributed by atoms with van der Waals surface area (Å²) in [5.74, 6) is 1.01. The minimum atomic E-state index is -0.206. The molecule has 4 aromatic rings. The topological polar surface area (TPSA) is 59.9 Å². The maximum Gasteiger partial charge on any atom is 0.244 e. The standard InChI is InChI=1S/C25H22N2O3/c1-29-23-12-11-17(13-24(23)30-2)14-25(28)27-26-16-22-20-9-5-3-7-18(20)15-19-8-4-6-10-21(19)22/h3-13,15-16H,14H2,1-2H3,(H,27,28)/b26-16+. The Labute approximate surface area is 174 Å². The van der Waals surface area contributed by atoms with Crippen LogP contribution in [0.4, 0.5) is 0 Å². The largest absolute Gasteiger partial charge is 0.493 e. The number of methoxy groups -OCH3 is 2. The number of rotatable bonds is 6. The molecule has 150 valence electrons. The monoisotopic (exact) mass is 398 g/mol. The van der Waals surface area contributed by atoms with E-state index in [1.165, 1.54) is 0 Å². The first-order valence-corrected chi connectivity index (χ1v) is 9.63. The molecule has 0 aliphatic carbocycles. The zero-order valence-corrected chi connectivity index (χ0v) is 16.9. The van der Waals surface area contributed by atoms with E-state index in [1.54, 1.807) is 32.6 Å². The summed E-state index contributed by atoms with van der Waals surface area (Å²) in [6.07, 6.45) is 1.91. The predicted octanol–water partition coefficient (Wildman–Crippen LogP) is 4.70. The fraction of sp³-hybridized carbons (Fsp3) is 0.120. The van der Waals surface area contributed by atoms with Gasteiger partial charge >= 0.3 is 0 Å². The minimum Gasteiger partial charge on any atom is -0.493 e. The Balaban J connectivity index is 1.56. The number of nitrogens with one attached hydrogen (secondary N) is 1. The van der Waals surface area contributed by atoms with Gasteiger partial charge in [-0.1, -0.05) is 54.6 Å². The van der Waals surface area contributed by atoms with Gasteiger partial charge in [-0.25, -0.2) is 5.43 Å². The molecule has 0 saturated carbocycles. The lowest BCUT2D eigenvalue weighted by Crippen LogP contribution is -2.19. The SMILES string of the molecule is COc1ccc(CC(=O)N/N=C/c2c3ccccc3cc3ccccc23)cc1OC. The molecular weight excluding hydrogens is 376 g/mol. The van der Waals surface area contributed by atoms with Crippen LogP contribution in [0.2, 0.25) is 0 Å². The Kier molecular flexibility index (Phi) is 5.61. The van der Waals surface area contributed by atoms with Crippen LogP contribution in [-0.2, 0) is 11.2 Å². The number of hydrogen-bond acceptors (Lipinski definition) is 4. The second kappa shape index (κ2) is 8.66. The highest BCUT2D eigenvalue weighted by atomic mass is 16.5. The van der Waals surface area contributed by atoms with Crippen molar-refractivity contribution in [3.8, 4) is 11.5 Å². The summed E-state index contributed by atoms with van der Waals surface area (Å²) < 4.78 is 10.5. The van der Waals surface area contributed by atoms with E-state index in [0.29, 0.717) is 11.5 Å². The van der Waals surface area contributed by atoms with Crippen LogP contribution in [0, 0.1) is 0 Å². The van der Waals surface area contributed by atoms with Crippen LogP contribution in [0.15, 0.2) is 77.9 Å². The number of carbonyl (C=O) groups excluding carboxylic acids is 1. The molecule has 1 amide bonds. The van der Waals surface area contributed by atoms with Crippen LogP contribution in [0.25, 0.3) is 21.5 Å². The van der Waals surface area contributed by atoms with Gasteiger partial charge in [0.25, 0.3) is 0 Å². The Morgan fingerprint density at radius 2 is 1.50 bits per heavy atom. The number of fused-ring (bicyclic) bond motifs is 2. The van der Waals surface area contributed by atoms with Crippen molar-refractivity contribution in [3.05, 3.63) is 83.9 Å². The van der Waals surface area contributed by atoms with E-state index in [4.69, 9.17) is 9.47 Å². The smallest absolute Gasteiger partial charge is 0.244 e. The van der Waals surface area contributed by atoms with Crippen molar-refractivity contribution in [2.24, 2.45) is 5.10 Å². The molecule has 0 bridgehead atoms. The van der Waals surface area contributed by atoms with Gasteiger partial charge in [0.2, 0.25) is 5.91 Å². The van der Waals surface area contributed by atoms with Gasteiger partial charge in [0.1, 0.15) is 0 Å². The number of ether oxygens (including phenoxy) is 2. The van der Waals surface area contributed by atoms with E-state index in [0.717, 1.165) is 32.7 Å². The number of amides is 1. The second-order valence-corrected chi connectivity index (χ2v) is 6.89. The van der Waals surface area contributed by atoms with Gasteiger partial charge in [-0.2, -0.15) is 5.10 Å². The molecule has 0 aliphatic heterocycles. The van der Waals surface area contributed by atoms with E-state index in [9.17, 15) is 4.79 Å². The number of hydrogen-bond donors (Lipinski definition) is 1. The van der Waals surface area contributed by atoms with Gasteiger partial charge in [0.05, 0.1) is 26.9 Å². The van der Waals surface area contributed by atoms with E-state index < -0.39 is 0 Å². The molecule has 0 fully saturated rings. The van der Waals surface area contributed by atoms with Crippen molar-refractivity contribution in [1.82, 2.24) is 5.43 Å². The Hall–Kier alpha value is -3.86. The van der Waals surface area contributed by atoms with Crippen molar-refractivity contribution in [3.63, 3.8) is 0 Å². The number of hydrazone groups is 1. The summed E-state index contributed by atoms with van der Waals surface area (Å²) >= 11 is 0. The fourth-order valence-electron chi connectivity index (χ4n) is 3.57. The summed E-state index contributed by atoms with van der Waals surface area (Å²) in [7, 11) is 3.15. The normalized spacial score (nSPS) is 11.1. The molecule has 0 aliphatic rings.